The molecule has 1 aromatic carbocycles. The lowest BCUT2D eigenvalue weighted by molar-refractivity contribution is 0.282. The Morgan fingerprint density at radius 3 is 2.57 bits per heavy atom. The van der Waals surface area contributed by atoms with Gasteiger partial charge in [0, 0.05) is 18.9 Å². The normalized spacial score (nSPS) is 11.5. The van der Waals surface area contributed by atoms with Gasteiger partial charge in [0.15, 0.2) is 0 Å². The van der Waals surface area contributed by atoms with Crippen LogP contribution in [0.3, 0.4) is 0 Å². The van der Waals surface area contributed by atoms with Crippen molar-refractivity contribution in [2.45, 2.75) is 18.8 Å². The van der Waals surface area contributed by atoms with Crippen molar-refractivity contribution in [3.63, 3.8) is 0 Å². The third kappa shape index (κ3) is 5.26. The average molecular weight is 306 g/mol. The quantitative estimate of drug-likeness (QED) is 0.806. The molecule has 0 atom stereocenters. The lowest BCUT2D eigenvalue weighted by Gasteiger charge is -2.07. The number of sulfonamides is 1. The van der Waals surface area contributed by atoms with Crippen molar-refractivity contribution in [1.29, 1.82) is 0 Å². The second kappa shape index (κ2) is 7.31. The van der Waals surface area contributed by atoms with Crippen LogP contribution in [-0.4, -0.2) is 25.1 Å². The van der Waals surface area contributed by atoms with E-state index in [1.807, 2.05) is 12.1 Å². The zero-order valence-electron chi connectivity index (χ0n) is 11.6. The summed E-state index contributed by atoms with van der Waals surface area (Å²) >= 11 is 0. The van der Waals surface area contributed by atoms with E-state index in [0.29, 0.717) is 24.1 Å². The highest BCUT2D eigenvalue weighted by Gasteiger charge is 2.11. The van der Waals surface area contributed by atoms with Gasteiger partial charge in [-0.2, -0.15) is 0 Å². The molecule has 1 heterocycles. The molecule has 0 saturated carbocycles. The van der Waals surface area contributed by atoms with Crippen LogP contribution in [0.2, 0.25) is 0 Å². The summed E-state index contributed by atoms with van der Waals surface area (Å²) in [6.07, 6.45) is 4.00. The van der Waals surface area contributed by atoms with E-state index in [2.05, 4.69) is 9.71 Å². The smallest absolute Gasteiger partial charge is 0.215 e. The third-order valence-electron chi connectivity index (χ3n) is 2.99. The van der Waals surface area contributed by atoms with Gasteiger partial charge < -0.3 is 5.11 Å². The number of nitrogens with zero attached hydrogens (tertiary/aromatic N) is 1. The van der Waals surface area contributed by atoms with Crippen LogP contribution < -0.4 is 4.72 Å². The summed E-state index contributed by atoms with van der Waals surface area (Å²) in [7, 11) is -3.38. The van der Waals surface area contributed by atoms with E-state index in [4.69, 9.17) is 5.11 Å². The second-order valence-electron chi connectivity index (χ2n) is 4.74. The number of nitrogens with one attached hydrogen (secondary N) is 1. The highest BCUT2D eigenvalue weighted by Crippen LogP contribution is 2.08. The van der Waals surface area contributed by atoms with Crippen LogP contribution >= 0.6 is 0 Å². The molecule has 0 aliphatic heterocycles. The summed E-state index contributed by atoms with van der Waals surface area (Å²) in [4.78, 5) is 3.99. The number of benzene rings is 1. The van der Waals surface area contributed by atoms with Gasteiger partial charge in [-0.1, -0.05) is 30.3 Å². The van der Waals surface area contributed by atoms with Gasteiger partial charge in [-0.25, -0.2) is 13.1 Å². The maximum Gasteiger partial charge on any atom is 0.215 e. The lowest BCUT2D eigenvalue weighted by Crippen LogP contribution is -2.27. The Bertz CT molecular complexity index is 672. The zero-order chi connectivity index (χ0) is 15.1. The maximum atomic E-state index is 12.0. The Kier molecular flexibility index (Phi) is 5.44. The Morgan fingerprint density at radius 1 is 1.10 bits per heavy atom. The van der Waals surface area contributed by atoms with Gasteiger partial charge in [0.1, 0.15) is 0 Å². The maximum absolute atomic E-state index is 12.0. The van der Waals surface area contributed by atoms with Gasteiger partial charge in [-0.05, 0) is 29.2 Å². The molecule has 2 rings (SSSR count). The molecule has 0 unspecified atom stereocenters. The summed E-state index contributed by atoms with van der Waals surface area (Å²) in [6.45, 7) is 0.246. The summed E-state index contributed by atoms with van der Waals surface area (Å²) in [6, 6.07) is 10.7. The monoisotopic (exact) mass is 306 g/mol. The van der Waals surface area contributed by atoms with Crippen LogP contribution in [0.5, 0.6) is 0 Å². The van der Waals surface area contributed by atoms with Gasteiger partial charge in [-0.3, -0.25) is 4.98 Å². The number of aliphatic hydroxyl groups excluding tert-OH is 1. The fourth-order valence-electron chi connectivity index (χ4n) is 1.99. The lowest BCUT2D eigenvalue weighted by atomic mass is 10.1. The van der Waals surface area contributed by atoms with E-state index in [1.54, 1.807) is 36.7 Å². The molecule has 2 aromatic rings. The summed E-state index contributed by atoms with van der Waals surface area (Å²) in [5.74, 6) is -0.0894. The minimum Gasteiger partial charge on any atom is -0.392 e. The largest absolute Gasteiger partial charge is 0.392 e. The van der Waals surface area contributed by atoms with Gasteiger partial charge >= 0.3 is 0 Å². The Labute approximate surface area is 124 Å². The Balaban J connectivity index is 1.89. The van der Waals surface area contributed by atoms with Crippen molar-refractivity contribution >= 4 is 10.0 Å². The summed E-state index contributed by atoms with van der Waals surface area (Å²) in [5, 5.41) is 9.06. The van der Waals surface area contributed by atoms with Crippen LogP contribution in [-0.2, 0) is 28.8 Å². The third-order valence-corrected chi connectivity index (χ3v) is 4.35. The summed E-state index contributed by atoms with van der Waals surface area (Å²) in [5.41, 5.74) is 2.36. The van der Waals surface area contributed by atoms with Crippen LogP contribution in [0.4, 0.5) is 0 Å². The SMILES string of the molecule is O=S(=O)(Cc1cccc(CO)c1)NCCc1cccnc1. The van der Waals surface area contributed by atoms with Crippen molar-refractivity contribution in [2.24, 2.45) is 0 Å². The van der Waals surface area contributed by atoms with Crippen LogP contribution in [0.1, 0.15) is 16.7 Å². The number of hydrogen-bond acceptors (Lipinski definition) is 4. The minimum absolute atomic E-state index is 0.0894. The number of hydrogen-bond donors (Lipinski definition) is 2. The van der Waals surface area contributed by atoms with E-state index in [0.717, 1.165) is 5.56 Å². The first kappa shape index (κ1) is 15.6. The second-order valence-corrected chi connectivity index (χ2v) is 6.55. The van der Waals surface area contributed by atoms with Gasteiger partial charge in [0.2, 0.25) is 10.0 Å². The molecule has 1 aromatic heterocycles. The predicted molar refractivity (Wildman–Crippen MR) is 80.9 cm³/mol. The van der Waals surface area contributed by atoms with Crippen LogP contribution in [0, 0.1) is 0 Å². The van der Waals surface area contributed by atoms with Crippen molar-refractivity contribution in [3.8, 4) is 0 Å². The molecule has 0 saturated heterocycles. The fraction of sp³-hybridized carbons (Fsp3) is 0.267. The van der Waals surface area contributed by atoms with Crippen molar-refractivity contribution in [1.82, 2.24) is 9.71 Å². The molecule has 112 valence electrons. The molecular formula is C15H18N2O3S. The zero-order valence-corrected chi connectivity index (χ0v) is 12.4. The molecular weight excluding hydrogens is 288 g/mol. The van der Waals surface area contributed by atoms with E-state index < -0.39 is 10.0 Å². The highest BCUT2D eigenvalue weighted by molar-refractivity contribution is 7.88. The standard InChI is InChI=1S/C15H18N2O3S/c18-11-14-3-1-4-15(9-14)12-21(19,20)17-8-6-13-5-2-7-16-10-13/h1-5,7,9-10,17-18H,6,8,11-12H2. The Hall–Kier alpha value is -1.76. The van der Waals surface area contributed by atoms with Crippen molar-refractivity contribution in [3.05, 3.63) is 65.5 Å². The Morgan fingerprint density at radius 2 is 1.86 bits per heavy atom. The molecule has 0 spiro atoms. The molecule has 0 bridgehead atoms. The fourth-order valence-corrected chi connectivity index (χ4v) is 3.12. The molecule has 0 aliphatic carbocycles. The predicted octanol–water partition coefficient (Wildman–Crippen LogP) is 1.24. The molecule has 21 heavy (non-hydrogen) atoms. The van der Waals surface area contributed by atoms with Crippen LogP contribution in [0.15, 0.2) is 48.8 Å². The number of rotatable bonds is 7. The highest BCUT2D eigenvalue weighted by atomic mass is 32.2. The van der Waals surface area contributed by atoms with Crippen molar-refractivity contribution < 1.29 is 13.5 Å². The first-order valence-corrected chi connectivity index (χ1v) is 8.29. The van der Waals surface area contributed by atoms with Crippen LogP contribution in [0.25, 0.3) is 0 Å². The van der Waals surface area contributed by atoms with E-state index in [-0.39, 0.29) is 12.4 Å². The van der Waals surface area contributed by atoms with E-state index in [1.165, 1.54) is 0 Å². The van der Waals surface area contributed by atoms with Gasteiger partial charge in [-0.15, -0.1) is 0 Å². The number of aromatic nitrogens is 1. The first-order valence-electron chi connectivity index (χ1n) is 6.64. The van der Waals surface area contributed by atoms with E-state index in [9.17, 15) is 8.42 Å². The van der Waals surface area contributed by atoms with Gasteiger partial charge in [0.05, 0.1) is 12.4 Å². The molecule has 0 aliphatic rings. The number of pyridine rings is 1. The minimum atomic E-state index is -3.38. The molecule has 6 heteroatoms. The van der Waals surface area contributed by atoms with Crippen molar-refractivity contribution in [2.75, 3.05) is 6.54 Å². The molecule has 0 amide bonds. The molecule has 0 radical (unpaired) electrons. The first-order chi connectivity index (χ1) is 10.1. The molecule has 0 fully saturated rings. The van der Waals surface area contributed by atoms with Gasteiger partial charge in [0.25, 0.3) is 0 Å². The number of aliphatic hydroxyl groups is 1. The summed E-state index contributed by atoms with van der Waals surface area (Å²) < 4.78 is 26.6. The molecule has 2 N–H and O–H groups in total. The topological polar surface area (TPSA) is 79.3 Å². The van der Waals surface area contributed by atoms with E-state index >= 15 is 0 Å². The molecule has 5 nitrogen and oxygen atoms in total. The average Bonchev–Trinajstić information content (AvgIpc) is 2.48.